The molecule has 0 unspecified atom stereocenters. The molecule has 4 bridgehead atoms. The van der Waals surface area contributed by atoms with Crippen LogP contribution in [0.5, 0.6) is 0 Å². The van der Waals surface area contributed by atoms with Crippen LogP contribution in [-0.4, -0.2) is 57.8 Å². The molecule has 3 N–H and O–H groups in total. The summed E-state index contributed by atoms with van der Waals surface area (Å²) in [5.41, 5.74) is -3.56. The molecule has 0 aromatic carbocycles. The van der Waals surface area contributed by atoms with Crippen LogP contribution in [0.4, 0.5) is 0 Å². The van der Waals surface area contributed by atoms with Crippen LogP contribution in [0.15, 0.2) is 0 Å². The number of rotatable bonds is 1. The van der Waals surface area contributed by atoms with Gasteiger partial charge >= 0.3 is 0 Å². The van der Waals surface area contributed by atoms with Crippen LogP contribution in [-0.2, 0) is 19.1 Å². The number of Topliss-reactive ketones (excluding diaryl/α,β-unsaturated/α-hetero) is 3. The van der Waals surface area contributed by atoms with Gasteiger partial charge in [0.05, 0.1) is 30.5 Å². The molecule has 27 heavy (non-hydrogen) atoms. The smallest absolute Gasteiger partial charge is 0.177 e. The van der Waals surface area contributed by atoms with E-state index in [1.165, 1.54) is 0 Å². The molecule has 2 heterocycles. The van der Waals surface area contributed by atoms with Crippen LogP contribution in [0, 0.1) is 39.9 Å². The second-order valence-corrected chi connectivity index (χ2v) is 9.94. The highest BCUT2D eigenvalue weighted by Gasteiger charge is 2.82. The van der Waals surface area contributed by atoms with Gasteiger partial charge < -0.3 is 20.1 Å². The first-order valence-electron chi connectivity index (χ1n) is 9.85. The first-order chi connectivity index (χ1) is 12.6. The van der Waals surface area contributed by atoms with E-state index in [-0.39, 0.29) is 37.1 Å². The van der Waals surface area contributed by atoms with Gasteiger partial charge in [-0.2, -0.15) is 0 Å². The summed E-state index contributed by atoms with van der Waals surface area (Å²) in [4.78, 5) is 40.1. The zero-order chi connectivity index (χ0) is 19.6. The highest BCUT2D eigenvalue weighted by molar-refractivity contribution is 6.14. The summed E-state index contributed by atoms with van der Waals surface area (Å²) in [5.74, 6) is -4.78. The average Bonchev–Trinajstić information content (AvgIpc) is 2.82. The third kappa shape index (κ3) is 1.61. The molecule has 4 aliphatic carbocycles. The van der Waals surface area contributed by atoms with E-state index in [2.05, 4.69) is 0 Å². The summed E-state index contributed by atoms with van der Waals surface area (Å²) < 4.78 is 5.79. The van der Waals surface area contributed by atoms with Crippen molar-refractivity contribution in [2.75, 3.05) is 13.2 Å². The Hall–Kier alpha value is -1.15. The van der Waals surface area contributed by atoms with E-state index in [0.29, 0.717) is 19.3 Å². The Labute approximate surface area is 157 Å². The molecule has 148 valence electrons. The molecule has 4 saturated carbocycles. The first-order valence-corrected chi connectivity index (χ1v) is 9.85. The van der Waals surface area contributed by atoms with Gasteiger partial charge in [-0.25, -0.2) is 0 Å². The molecule has 2 saturated heterocycles. The molecule has 7 nitrogen and oxygen atoms in total. The second kappa shape index (κ2) is 4.87. The minimum absolute atomic E-state index is 0.0745. The van der Waals surface area contributed by atoms with Gasteiger partial charge in [0.1, 0.15) is 11.9 Å². The van der Waals surface area contributed by atoms with Gasteiger partial charge in [-0.05, 0) is 31.1 Å². The van der Waals surface area contributed by atoms with Crippen LogP contribution in [0.25, 0.3) is 0 Å². The van der Waals surface area contributed by atoms with Crippen LogP contribution in [0.3, 0.4) is 0 Å². The standard InChI is InChI=1S/C20H26O7/c1-17(2)14-13(23)16(25)18-5-9(10(7-21)15(18)24)3-4-11(18)19(14)8-27-20(17,26)6-12(19)22/h9-11,13-14,21,23,26H,3-8H2,1-2H3/t9-,10-,11-,13+,14-,18+,19-,20-/m1/s1. The molecule has 0 aromatic rings. The van der Waals surface area contributed by atoms with Gasteiger partial charge in [0.2, 0.25) is 0 Å². The number of aliphatic hydroxyl groups excluding tert-OH is 2. The Bertz CT molecular complexity index is 774. The Balaban J connectivity index is 1.75. The summed E-state index contributed by atoms with van der Waals surface area (Å²) in [6, 6.07) is 0. The molecule has 8 atom stereocenters. The van der Waals surface area contributed by atoms with Gasteiger partial charge in [0.15, 0.2) is 17.4 Å². The van der Waals surface area contributed by atoms with Gasteiger partial charge in [0, 0.05) is 17.3 Å². The van der Waals surface area contributed by atoms with Crippen LogP contribution in [0.1, 0.15) is 39.5 Å². The van der Waals surface area contributed by atoms with Crippen molar-refractivity contribution in [3.05, 3.63) is 0 Å². The summed E-state index contributed by atoms with van der Waals surface area (Å²) in [5, 5.41) is 31.8. The monoisotopic (exact) mass is 378 g/mol. The van der Waals surface area contributed by atoms with Crippen molar-refractivity contribution in [2.24, 2.45) is 39.9 Å². The molecule has 6 fully saturated rings. The molecule has 7 heteroatoms. The molecule has 2 spiro atoms. The van der Waals surface area contributed by atoms with Crippen LogP contribution in [0.2, 0.25) is 0 Å². The van der Waals surface area contributed by atoms with Crippen molar-refractivity contribution in [1.29, 1.82) is 0 Å². The topological polar surface area (TPSA) is 121 Å². The number of carbonyl (C=O) groups is 3. The maximum atomic E-state index is 13.5. The highest BCUT2D eigenvalue weighted by atomic mass is 16.6. The SMILES string of the molecule is CC1(C)[C@H]2[C@H](O)C(=O)[C@@]34C[C@@H](CC[C@H]3[C@@]23CO[C@]1(O)CC3=O)[C@@H](CO)C4=O. The molecule has 6 rings (SSSR count). The zero-order valence-corrected chi connectivity index (χ0v) is 15.6. The van der Waals surface area contributed by atoms with Crippen molar-refractivity contribution in [3.63, 3.8) is 0 Å². The maximum absolute atomic E-state index is 13.5. The Morgan fingerprint density at radius 1 is 1.15 bits per heavy atom. The fourth-order valence-electron chi connectivity index (χ4n) is 7.69. The summed E-state index contributed by atoms with van der Waals surface area (Å²) >= 11 is 0. The molecule has 2 aliphatic heterocycles. The fourth-order valence-corrected chi connectivity index (χ4v) is 7.69. The second-order valence-electron chi connectivity index (χ2n) is 9.94. The highest BCUT2D eigenvalue weighted by Crippen LogP contribution is 2.72. The molecular formula is C20H26O7. The van der Waals surface area contributed by atoms with Gasteiger partial charge in [-0.15, -0.1) is 0 Å². The van der Waals surface area contributed by atoms with E-state index in [4.69, 9.17) is 4.74 Å². The molecule has 0 amide bonds. The number of carbonyl (C=O) groups excluding carboxylic acids is 3. The Kier molecular flexibility index (Phi) is 3.23. The summed E-state index contributed by atoms with van der Waals surface area (Å²) in [6.07, 6.45) is -0.212. The minimum atomic E-state index is -1.72. The lowest BCUT2D eigenvalue weighted by Crippen LogP contribution is -2.80. The average molecular weight is 378 g/mol. The summed E-state index contributed by atoms with van der Waals surface area (Å²) in [7, 11) is 0. The number of fused-ring (bicyclic) bond motifs is 3. The Morgan fingerprint density at radius 3 is 2.48 bits per heavy atom. The van der Waals surface area contributed by atoms with Crippen molar-refractivity contribution < 1.29 is 34.4 Å². The normalized spacial score (nSPS) is 55.4. The van der Waals surface area contributed by atoms with Crippen molar-refractivity contribution in [2.45, 2.75) is 51.4 Å². The summed E-state index contributed by atoms with van der Waals surface area (Å²) in [6.45, 7) is 3.07. The van der Waals surface area contributed by atoms with Gasteiger partial charge in [-0.3, -0.25) is 14.4 Å². The van der Waals surface area contributed by atoms with Crippen LogP contribution >= 0.6 is 0 Å². The third-order valence-electron chi connectivity index (χ3n) is 9.00. The number of hydrogen-bond donors (Lipinski definition) is 3. The molecular weight excluding hydrogens is 352 g/mol. The lowest BCUT2D eigenvalue weighted by molar-refractivity contribution is -0.372. The Morgan fingerprint density at radius 2 is 1.85 bits per heavy atom. The van der Waals surface area contributed by atoms with E-state index < -0.39 is 51.7 Å². The van der Waals surface area contributed by atoms with E-state index in [0.717, 1.165) is 0 Å². The largest absolute Gasteiger partial charge is 0.396 e. The molecule has 0 aromatic heterocycles. The van der Waals surface area contributed by atoms with Crippen molar-refractivity contribution >= 4 is 17.3 Å². The van der Waals surface area contributed by atoms with Crippen molar-refractivity contribution in [1.82, 2.24) is 0 Å². The first kappa shape index (κ1) is 17.9. The predicted octanol–water partition coefficient (Wildman–Crippen LogP) is -0.156. The lowest BCUT2D eigenvalue weighted by Gasteiger charge is -2.69. The molecule has 6 aliphatic rings. The van der Waals surface area contributed by atoms with Gasteiger partial charge in [-0.1, -0.05) is 13.8 Å². The third-order valence-corrected chi connectivity index (χ3v) is 9.00. The maximum Gasteiger partial charge on any atom is 0.177 e. The van der Waals surface area contributed by atoms with E-state index >= 15 is 0 Å². The quantitative estimate of drug-likeness (QED) is 0.542. The van der Waals surface area contributed by atoms with Crippen molar-refractivity contribution in [3.8, 4) is 0 Å². The van der Waals surface area contributed by atoms with E-state index in [1.807, 2.05) is 0 Å². The molecule has 0 radical (unpaired) electrons. The number of hydrogen-bond acceptors (Lipinski definition) is 7. The fraction of sp³-hybridized carbons (Fsp3) is 0.850. The minimum Gasteiger partial charge on any atom is -0.396 e. The number of ketones is 3. The number of ether oxygens (including phenoxy) is 1. The van der Waals surface area contributed by atoms with Gasteiger partial charge in [0.25, 0.3) is 0 Å². The lowest BCUT2D eigenvalue weighted by atomic mass is 9.37. The number of aliphatic hydroxyl groups is 3. The van der Waals surface area contributed by atoms with E-state index in [9.17, 15) is 29.7 Å². The van der Waals surface area contributed by atoms with Crippen LogP contribution < -0.4 is 0 Å². The zero-order valence-electron chi connectivity index (χ0n) is 15.6. The van der Waals surface area contributed by atoms with E-state index in [1.54, 1.807) is 13.8 Å². The predicted molar refractivity (Wildman–Crippen MR) is 90.1 cm³/mol.